The molecule has 39 heavy (non-hydrogen) atoms. The molecule has 1 atom stereocenters. The number of hydrogen-bond acceptors (Lipinski definition) is 8. The van der Waals surface area contributed by atoms with E-state index in [1.165, 1.54) is 30.6 Å². The third-order valence-corrected chi connectivity index (χ3v) is 7.04. The summed E-state index contributed by atoms with van der Waals surface area (Å²) in [6.45, 7) is 0. The molecule has 4 aromatic rings. The standard InChI is InChI=1S/C27H20Cl2F2N8/c28-21-8-17(35-25(14-1-3-16(30)4-2-14)23-13-39(38-37-23)19-5-6-19)7-20-24(15(10-32)11-33-26(20)21)36-18-9-22(29)27(31)34-12-18/h1-4,7-9,11-13,19,25,35,37-38H,5-6H2,(H,33,36). The molecule has 0 bridgehead atoms. The highest BCUT2D eigenvalue weighted by Crippen LogP contribution is 2.37. The minimum Gasteiger partial charge on any atom is -0.373 e. The van der Waals surface area contributed by atoms with Crippen LogP contribution in [0.15, 0.2) is 66.8 Å². The minimum atomic E-state index is -0.798. The molecule has 0 saturated heterocycles. The molecule has 12 heteroatoms. The SMILES string of the molecule is N#Cc1cnc2c(Cl)cc(NC(C3=CN(C4CC4)NN3)c3ccc(F)cc3)cc2c1Nc1cnc(F)c(Cl)c1. The Balaban J connectivity index is 1.42. The van der Waals surface area contributed by atoms with Gasteiger partial charge in [-0.2, -0.15) is 9.65 Å². The number of nitrogens with one attached hydrogen (secondary N) is 4. The van der Waals surface area contributed by atoms with Gasteiger partial charge in [0.05, 0.1) is 50.4 Å². The number of nitriles is 1. The van der Waals surface area contributed by atoms with Crippen molar-refractivity contribution >= 4 is 51.2 Å². The molecule has 1 aliphatic heterocycles. The molecular formula is C27H20Cl2F2N8. The van der Waals surface area contributed by atoms with E-state index in [0.717, 1.165) is 24.1 Å². The van der Waals surface area contributed by atoms with Crippen LogP contribution in [-0.4, -0.2) is 21.0 Å². The van der Waals surface area contributed by atoms with E-state index in [9.17, 15) is 14.0 Å². The van der Waals surface area contributed by atoms with Crippen molar-refractivity contribution in [3.05, 3.63) is 99.7 Å². The first-order chi connectivity index (χ1) is 18.9. The van der Waals surface area contributed by atoms with Crippen LogP contribution in [0.5, 0.6) is 0 Å². The number of hydrogen-bond donors (Lipinski definition) is 4. The average molecular weight is 565 g/mol. The summed E-state index contributed by atoms with van der Waals surface area (Å²) in [4.78, 5) is 8.03. The minimum absolute atomic E-state index is 0.161. The number of halogens is 4. The zero-order chi connectivity index (χ0) is 27.1. The largest absolute Gasteiger partial charge is 0.373 e. The Labute approximate surface area is 232 Å². The van der Waals surface area contributed by atoms with Crippen molar-refractivity contribution < 1.29 is 8.78 Å². The molecule has 2 aromatic heterocycles. The van der Waals surface area contributed by atoms with Gasteiger partial charge in [0.25, 0.3) is 0 Å². The fraction of sp³-hybridized carbons (Fsp3) is 0.148. The molecule has 1 fully saturated rings. The van der Waals surface area contributed by atoms with E-state index in [1.807, 2.05) is 17.3 Å². The molecule has 2 aromatic carbocycles. The number of nitrogens with zero attached hydrogens (tertiary/aromatic N) is 4. The van der Waals surface area contributed by atoms with Crippen LogP contribution in [0.25, 0.3) is 10.9 Å². The van der Waals surface area contributed by atoms with Crippen molar-refractivity contribution in [1.82, 2.24) is 25.9 Å². The van der Waals surface area contributed by atoms with Crippen molar-refractivity contribution in [3.63, 3.8) is 0 Å². The highest BCUT2D eigenvalue weighted by molar-refractivity contribution is 6.36. The van der Waals surface area contributed by atoms with Crippen LogP contribution in [0.3, 0.4) is 0 Å². The van der Waals surface area contributed by atoms with Crippen molar-refractivity contribution in [2.24, 2.45) is 0 Å². The summed E-state index contributed by atoms with van der Waals surface area (Å²) in [6.07, 6.45) is 6.89. The topological polar surface area (TPSA) is 101 Å². The summed E-state index contributed by atoms with van der Waals surface area (Å²) in [6, 6.07) is 13.3. The Bertz CT molecular complexity index is 1650. The van der Waals surface area contributed by atoms with Gasteiger partial charge in [0.1, 0.15) is 11.9 Å². The first kappa shape index (κ1) is 25.1. The lowest BCUT2D eigenvalue weighted by Crippen LogP contribution is -2.38. The second kappa shape index (κ2) is 10.2. The lowest BCUT2D eigenvalue weighted by Gasteiger charge is -2.22. The van der Waals surface area contributed by atoms with E-state index >= 15 is 0 Å². The van der Waals surface area contributed by atoms with Gasteiger partial charge in [-0.15, -0.1) is 5.53 Å². The molecule has 1 aliphatic carbocycles. The normalized spacial score (nSPS) is 15.5. The van der Waals surface area contributed by atoms with E-state index in [2.05, 4.69) is 37.6 Å². The van der Waals surface area contributed by atoms with Gasteiger partial charge in [0.2, 0.25) is 5.95 Å². The molecule has 4 N–H and O–H groups in total. The fourth-order valence-electron chi connectivity index (χ4n) is 4.40. The van der Waals surface area contributed by atoms with Gasteiger partial charge in [0, 0.05) is 29.5 Å². The van der Waals surface area contributed by atoms with Gasteiger partial charge >= 0.3 is 0 Å². The lowest BCUT2D eigenvalue weighted by atomic mass is 10.0. The molecular weight excluding hydrogens is 545 g/mol. The maximum Gasteiger partial charge on any atom is 0.231 e. The summed E-state index contributed by atoms with van der Waals surface area (Å²) in [7, 11) is 0. The molecule has 0 spiro atoms. The zero-order valence-electron chi connectivity index (χ0n) is 20.1. The number of rotatable bonds is 7. The molecule has 196 valence electrons. The summed E-state index contributed by atoms with van der Waals surface area (Å²) in [5, 5.41) is 19.2. The maximum atomic E-state index is 13.7. The van der Waals surface area contributed by atoms with Crippen molar-refractivity contribution in [2.45, 2.75) is 24.9 Å². The number of anilines is 3. The molecule has 1 unspecified atom stereocenters. The van der Waals surface area contributed by atoms with E-state index in [0.29, 0.717) is 39.0 Å². The molecule has 3 heterocycles. The Kier molecular flexibility index (Phi) is 6.56. The van der Waals surface area contributed by atoms with Gasteiger partial charge in [-0.1, -0.05) is 35.3 Å². The third kappa shape index (κ3) is 5.12. The second-order valence-corrected chi connectivity index (χ2v) is 10.0. The molecule has 8 nitrogen and oxygen atoms in total. The van der Waals surface area contributed by atoms with Crippen LogP contribution in [0.1, 0.15) is 30.0 Å². The van der Waals surface area contributed by atoms with Crippen molar-refractivity contribution in [1.29, 1.82) is 5.26 Å². The number of benzene rings is 2. The lowest BCUT2D eigenvalue weighted by molar-refractivity contribution is 0.260. The van der Waals surface area contributed by atoms with Crippen LogP contribution in [0, 0.1) is 23.1 Å². The summed E-state index contributed by atoms with van der Waals surface area (Å²) in [5.74, 6) is -1.13. The Morgan fingerprint density at radius 1 is 1.03 bits per heavy atom. The van der Waals surface area contributed by atoms with Gasteiger partial charge < -0.3 is 16.1 Å². The van der Waals surface area contributed by atoms with Crippen LogP contribution in [0.4, 0.5) is 25.8 Å². The third-order valence-electron chi connectivity index (χ3n) is 6.48. The van der Waals surface area contributed by atoms with E-state index in [1.54, 1.807) is 18.2 Å². The molecule has 0 radical (unpaired) electrons. The average Bonchev–Trinajstić information content (AvgIpc) is 3.67. The maximum absolute atomic E-state index is 13.7. The highest BCUT2D eigenvalue weighted by atomic mass is 35.5. The molecule has 6 rings (SSSR count). The van der Waals surface area contributed by atoms with Gasteiger partial charge in [-0.3, -0.25) is 9.99 Å². The van der Waals surface area contributed by atoms with Crippen molar-refractivity contribution in [3.8, 4) is 6.07 Å². The number of hydrazine groups is 2. The smallest absolute Gasteiger partial charge is 0.231 e. The molecule has 0 amide bonds. The quantitative estimate of drug-likeness (QED) is 0.194. The Morgan fingerprint density at radius 3 is 2.51 bits per heavy atom. The van der Waals surface area contributed by atoms with Crippen molar-refractivity contribution in [2.75, 3.05) is 10.6 Å². The summed E-state index contributed by atoms with van der Waals surface area (Å²) >= 11 is 12.6. The summed E-state index contributed by atoms with van der Waals surface area (Å²) in [5.41, 5.74) is 10.2. The van der Waals surface area contributed by atoms with Crippen LogP contribution in [-0.2, 0) is 0 Å². The number of aromatic nitrogens is 2. The van der Waals surface area contributed by atoms with E-state index < -0.39 is 5.95 Å². The highest BCUT2D eigenvalue weighted by Gasteiger charge is 2.32. The first-order valence-corrected chi connectivity index (χ1v) is 12.8. The molecule has 2 aliphatic rings. The second-order valence-electron chi connectivity index (χ2n) is 9.22. The van der Waals surface area contributed by atoms with Crippen LogP contribution < -0.4 is 21.6 Å². The molecule has 1 saturated carbocycles. The Morgan fingerprint density at radius 2 is 1.79 bits per heavy atom. The number of fused-ring (bicyclic) bond motifs is 1. The Hall–Kier alpha value is -4.17. The van der Waals surface area contributed by atoms with E-state index in [-0.39, 0.29) is 22.4 Å². The van der Waals surface area contributed by atoms with Gasteiger partial charge in [-0.25, -0.2) is 9.37 Å². The summed E-state index contributed by atoms with van der Waals surface area (Å²) < 4.78 is 27.4. The van der Waals surface area contributed by atoms with Crippen LogP contribution >= 0.6 is 23.2 Å². The first-order valence-electron chi connectivity index (χ1n) is 12.0. The monoisotopic (exact) mass is 564 g/mol. The van der Waals surface area contributed by atoms with Gasteiger partial charge in [0.15, 0.2) is 0 Å². The fourth-order valence-corrected chi connectivity index (χ4v) is 4.83. The van der Waals surface area contributed by atoms with Gasteiger partial charge in [-0.05, 0) is 48.7 Å². The number of pyridine rings is 2. The zero-order valence-corrected chi connectivity index (χ0v) is 21.7. The predicted molar refractivity (Wildman–Crippen MR) is 146 cm³/mol. The predicted octanol–water partition coefficient (Wildman–Crippen LogP) is 6.31. The van der Waals surface area contributed by atoms with Crippen LogP contribution in [0.2, 0.25) is 10.0 Å². The van der Waals surface area contributed by atoms with E-state index in [4.69, 9.17) is 23.2 Å².